The van der Waals surface area contributed by atoms with Gasteiger partial charge >= 0.3 is 5.97 Å². The third-order valence-corrected chi connectivity index (χ3v) is 1.59. The summed E-state index contributed by atoms with van der Waals surface area (Å²) in [5.74, 6) is -0.992. The highest BCUT2D eigenvalue weighted by Gasteiger charge is 2.12. The average Bonchev–Trinajstić information content (AvgIpc) is 1.98. The zero-order chi connectivity index (χ0) is 8.85. The Bertz CT molecular complexity index is 154. The Morgan fingerprint density at radius 3 is 2.64 bits per heavy atom. The van der Waals surface area contributed by atoms with E-state index in [-0.39, 0.29) is 11.6 Å². The van der Waals surface area contributed by atoms with E-state index in [1.807, 2.05) is 6.92 Å². The highest BCUT2D eigenvalue weighted by atomic mass is 16.4. The maximum atomic E-state index is 10.3. The molecule has 0 aliphatic rings. The van der Waals surface area contributed by atoms with Gasteiger partial charge in [-0.05, 0) is 6.42 Å². The lowest BCUT2D eigenvalue weighted by Crippen LogP contribution is -2.26. The van der Waals surface area contributed by atoms with Gasteiger partial charge in [0.05, 0.1) is 0 Å². The van der Waals surface area contributed by atoms with Crippen LogP contribution in [0.25, 0.3) is 0 Å². The molecule has 3 nitrogen and oxygen atoms in total. The summed E-state index contributed by atoms with van der Waals surface area (Å²) in [6, 6.07) is -0.382. The first-order valence-electron chi connectivity index (χ1n) is 3.77. The second kappa shape index (κ2) is 4.91. The van der Waals surface area contributed by atoms with Gasteiger partial charge in [-0.3, -0.25) is 0 Å². The van der Waals surface area contributed by atoms with Crippen molar-refractivity contribution in [1.29, 1.82) is 0 Å². The van der Waals surface area contributed by atoms with Crippen molar-refractivity contribution < 1.29 is 9.90 Å². The van der Waals surface area contributed by atoms with Crippen molar-refractivity contribution in [3.8, 4) is 0 Å². The molecule has 0 fully saturated rings. The van der Waals surface area contributed by atoms with E-state index < -0.39 is 5.97 Å². The normalized spacial score (nSPS) is 12.5. The summed E-state index contributed by atoms with van der Waals surface area (Å²) in [4.78, 5) is 10.3. The van der Waals surface area contributed by atoms with Gasteiger partial charge in [0, 0.05) is 11.6 Å². The van der Waals surface area contributed by atoms with Crippen LogP contribution in [0.4, 0.5) is 0 Å². The van der Waals surface area contributed by atoms with Crippen molar-refractivity contribution in [3.05, 3.63) is 12.2 Å². The third-order valence-electron chi connectivity index (χ3n) is 1.59. The van der Waals surface area contributed by atoms with Crippen LogP contribution in [0.3, 0.4) is 0 Å². The van der Waals surface area contributed by atoms with Gasteiger partial charge in [0.1, 0.15) is 0 Å². The van der Waals surface area contributed by atoms with E-state index in [9.17, 15) is 4.79 Å². The fourth-order valence-corrected chi connectivity index (χ4v) is 0.757. The molecule has 0 aliphatic carbocycles. The van der Waals surface area contributed by atoms with Crippen LogP contribution in [0, 0.1) is 0 Å². The van der Waals surface area contributed by atoms with Crippen LogP contribution in [-0.4, -0.2) is 17.1 Å². The number of unbranched alkanes of at least 4 members (excludes halogenated alkanes) is 1. The molecule has 0 heterocycles. The van der Waals surface area contributed by atoms with Gasteiger partial charge in [0.25, 0.3) is 0 Å². The van der Waals surface area contributed by atoms with Crippen molar-refractivity contribution in [2.24, 2.45) is 5.73 Å². The van der Waals surface area contributed by atoms with Crippen molar-refractivity contribution in [1.82, 2.24) is 0 Å². The zero-order valence-electron chi connectivity index (χ0n) is 6.84. The number of hydrogen-bond donors (Lipinski definition) is 2. The van der Waals surface area contributed by atoms with Crippen LogP contribution >= 0.6 is 0 Å². The Labute approximate surface area is 66.9 Å². The molecule has 3 heteroatoms. The second-order valence-corrected chi connectivity index (χ2v) is 2.58. The third kappa shape index (κ3) is 3.78. The quantitative estimate of drug-likeness (QED) is 0.588. The molecule has 0 aromatic carbocycles. The van der Waals surface area contributed by atoms with E-state index in [4.69, 9.17) is 10.8 Å². The largest absolute Gasteiger partial charge is 0.478 e. The Morgan fingerprint density at radius 1 is 1.73 bits per heavy atom. The van der Waals surface area contributed by atoms with E-state index in [0.717, 1.165) is 12.8 Å². The summed E-state index contributed by atoms with van der Waals surface area (Å²) in [5.41, 5.74) is 5.63. The lowest BCUT2D eigenvalue weighted by atomic mass is 10.0. The lowest BCUT2D eigenvalue weighted by Gasteiger charge is -2.09. The number of rotatable bonds is 5. The Kier molecular flexibility index (Phi) is 4.54. The van der Waals surface area contributed by atoms with Crippen LogP contribution in [0.5, 0.6) is 0 Å². The van der Waals surface area contributed by atoms with Gasteiger partial charge in [-0.1, -0.05) is 26.3 Å². The molecular formula is C8H15NO2. The topological polar surface area (TPSA) is 63.3 Å². The molecule has 0 radical (unpaired) electrons. The number of aliphatic carboxylic acids is 1. The van der Waals surface area contributed by atoms with E-state index in [2.05, 4.69) is 6.58 Å². The molecule has 0 spiro atoms. The first kappa shape index (κ1) is 10.2. The molecule has 0 aliphatic heterocycles. The predicted molar refractivity (Wildman–Crippen MR) is 44.3 cm³/mol. The van der Waals surface area contributed by atoms with E-state index >= 15 is 0 Å². The monoisotopic (exact) mass is 157 g/mol. The molecule has 0 aromatic heterocycles. The van der Waals surface area contributed by atoms with Crippen LogP contribution in [0.15, 0.2) is 12.2 Å². The molecule has 0 aromatic rings. The zero-order valence-corrected chi connectivity index (χ0v) is 6.84. The highest BCUT2D eigenvalue weighted by Crippen LogP contribution is 2.05. The smallest absolute Gasteiger partial charge is 0.332 e. The van der Waals surface area contributed by atoms with Crippen LogP contribution in [-0.2, 0) is 4.79 Å². The molecule has 0 saturated carbocycles. The highest BCUT2D eigenvalue weighted by molar-refractivity contribution is 5.87. The molecule has 64 valence electrons. The molecular weight excluding hydrogens is 142 g/mol. The second-order valence-electron chi connectivity index (χ2n) is 2.58. The number of hydrogen-bond acceptors (Lipinski definition) is 2. The van der Waals surface area contributed by atoms with Crippen molar-refractivity contribution in [3.63, 3.8) is 0 Å². The Hall–Kier alpha value is -0.830. The molecule has 0 saturated heterocycles. The predicted octanol–water partition coefficient (Wildman–Crippen LogP) is 1.14. The molecule has 3 N–H and O–H groups in total. The fraction of sp³-hybridized carbons (Fsp3) is 0.625. The van der Waals surface area contributed by atoms with Crippen molar-refractivity contribution in [2.45, 2.75) is 32.2 Å². The molecule has 0 bridgehead atoms. The van der Waals surface area contributed by atoms with Crippen LogP contribution in [0.2, 0.25) is 0 Å². The maximum Gasteiger partial charge on any atom is 0.332 e. The maximum absolute atomic E-state index is 10.3. The first-order chi connectivity index (χ1) is 5.09. The minimum Gasteiger partial charge on any atom is -0.478 e. The average molecular weight is 157 g/mol. The van der Waals surface area contributed by atoms with Gasteiger partial charge in [0.15, 0.2) is 0 Å². The summed E-state index contributed by atoms with van der Waals surface area (Å²) in [6.07, 6.45) is 2.69. The Balaban J connectivity index is 3.73. The fourth-order valence-electron chi connectivity index (χ4n) is 0.757. The van der Waals surface area contributed by atoms with Gasteiger partial charge in [-0.15, -0.1) is 0 Å². The summed E-state index contributed by atoms with van der Waals surface area (Å²) in [7, 11) is 0. The minimum absolute atomic E-state index is 0.110. The molecule has 0 rings (SSSR count). The SMILES string of the molecule is C=C(C(=O)O)C(N)CCCC. The molecule has 1 atom stereocenters. The first-order valence-corrected chi connectivity index (χ1v) is 3.77. The van der Waals surface area contributed by atoms with Crippen LogP contribution in [0.1, 0.15) is 26.2 Å². The van der Waals surface area contributed by atoms with Crippen molar-refractivity contribution in [2.75, 3.05) is 0 Å². The summed E-state index contributed by atoms with van der Waals surface area (Å²) in [6.45, 7) is 5.42. The van der Waals surface area contributed by atoms with Gasteiger partial charge in [-0.25, -0.2) is 4.79 Å². The van der Waals surface area contributed by atoms with E-state index in [0.29, 0.717) is 6.42 Å². The number of carboxylic acids is 1. The van der Waals surface area contributed by atoms with E-state index in [1.165, 1.54) is 0 Å². The summed E-state index contributed by atoms with van der Waals surface area (Å²) >= 11 is 0. The van der Waals surface area contributed by atoms with Crippen molar-refractivity contribution >= 4 is 5.97 Å². The Morgan fingerprint density at radius 2 is 2.27 bits per heavy atom. The molecule has 11 heavy (non-hydrogen) atoms. The minimum atomic E-state index is -0.992. The molecule has 0 amide bonds. The number of carbonyl (C=O) groups is 1. The van der Waals surface area contributed by atoms with Gasteiger partial charge < -0.3 is 10.8 Å². The number of carboxylic acid groups (broad SMARTS) is 1. The number of nitrogens with two attached hydrogens (primary N) is 1. The van der Waals surface area contributed by atoms with E-state index in [1.54, 1.807) is 0 Å². The standard InChI is InChI=1S/C8H15NO2/c1-3-4-5-7(9)6(2)8(10)11/h7H,2-5,9H2,1H3,(H,10,11). The molecule has 1 unspecified atom stereocenters. The lowest BCUT2D eigenvalue weighted by molar-refractivity contribution is -0.132. The summed E-state index contributed by atoms with van der Waals surface area (Å²) < 4.78 is 0. The van der Waals surface area contributed by atoms with Gasteiger partial charge in [0.2, 0.25) is 0 Å². The van der Waals surface area contributed by atoms with Crippen LogP contribution < -0.4 is 5.73 Å². The summed E-state index contributed by atoms with van der Waals surface area (Å²) in [5, 5.41) is 8.47. The van der Waals surface area contributed by atoms with Gasteiger partial charge in [-0.2, -0.15) is 0 Å².